The van der Waals surface area contributed by atoms with Gasteiger partial charge in [0, 0.05) is 26.7 Å². The summed E-state index contributed by atoms with van der Waals surface area (Å²) in [6.07, 6.45) is 1.59. The number of benzene rings is 1. The van der Waals surface area contributed by atoms with Gasteiger partial charge in [-0.1, -0.05) is 18.2 Å². The third-order valence-electron chi connectivity index (χ3n) is 3.52. The lowest BCUT2D eigenvalue weighted by molar-refractivity contribution is 0.0957. The molecule has 0 unspecified atom stereocenters. The van der Waals surface area contributed by atoms with Crippen LogP contribution in [0, 0.1) is 5.82 Å². The van der Waals surface area contributed by atoms with Gasteiger partial charge in [-0.25, -0.2) is 4.39 Å². The molecule has 1 aromatic heterocycles. The van der Waals surface area contributed by atoms with Crippen molar-refractivity contribution in [1.29, 1.82) is 0 Å². The Balaban J connectivity index is 1.57. The predicted octanol–water partition coefficient (Wildman–Crippen LogP) is 2.41. The molecular weight excluding hydrogens is 339 g/mol. The topological polar surface area (TPSA) is 65.5 Å². The molecule has 0 atom stereocenters. The number of thiophene rings is 1. The average Bonchev–Trinajstić information content (AvgIpc) is 3.16. The molecule has 0 saturated carbocycles. The summed E-state index contributed by atoms with van der Waals surface area (Å²) in [5, 5.41) is 11.2. The van der Waals surface area contributed by atoms with Gasteiger partial charge in [0.1, 0.15) is 5.82 Å². The van der Waals surface area contributed by atoms with Crippen molar-refractivity contribution in [3.63, 3.8) is 0 Å². The van der Waals surface area contributed by atoms with E-state index in [1.807, 2.05) is 17.5 Å². The lowest BCUT2D eigenvalue weighted by Crippen LogP contribution is -2.39. The number of carbonyl (C=O) groups is 1. The van der Waals surface area contributed by atoms with E-state index in [0.29, 0.717) is 25.6 Å². The normalized spacial score (nSPS) is 11.2. The second-order valence-corrected chi connectivity index (χ2v) is 6.34. The molecule has 0 aliphatic carbocycles. The molecule has 0 radical (unpaired) electrons. The van der Waals surface area contributed by atoms with Crippen molar-refractivity contribution in [3.05, 3.63) is 58.0 Å². The Morgan fingerprint density at radius 1 is 1.08 bits per heavy atom. The predicted molar refractivity (Wildman–Crippen MR) is 101 cm³/mol. The Kier molecular flexibility index (Phi) is 7.91. The zero-order chi connectivity index (χ0) is 17.9. The molecule has 0 bridgehead atoms. The Bertz CT molecular complexity index is 671. The van der Waals surface area contributed by atoms with Gasteiger partial charge in [0.05, 0.1) is 4.88 Å². The summed E-state index contributed by atoms with van der Waals surface area (Å²) in [5.41, 5.74) is 1.07. The minimum atomic E-state index is -0.222. The van der Waals surface area contributed by atoms with Gasteiger partial charge in [-0.2, -0.15) is 0 Å². The maximum Gasteiger partial charge on any atom is 0.261 e. The highest BCUT2D eigenvalue weighted by Gasteiger charge is 2.04. The van der Waals surface area contributed by atoms with Crippen molar-refractivity contribution in [3.8, 4) is 0 Å². The van der Waals surface area contributed by atoms with Crippen LogP contribution in [0.2, 0.25) is 0 Å². The fourth-order valence-corrected chi connectivity index (χ4v) is 2.83. The second kappa shape index (κ2) is 10.5. The standard InChI is InChI=1S/C18H23FN4OS/c1-20-18(23-12-9-14-5-7-15(19)8-6-14)22-11-3-10-21-17(24)16-4-2-13-25-16/h2,4-8,13H,3,9-12H2,1H3,(H,21,24)(H2,20,22,23). The van der Waals surface area contributed by atoms with Gasteiger partial charge in [0.25, 0.3) is 5.91 Å². The maximum absolute atomic E-state index is 12.9. The number of nitrogens with zero attached hydrogens (tertiary/aromatic N) is 1. The van der Waals surface area contributed by atoms with E-state index in [4.69, 9.17) is 0 Å². The zero-order valence-electron chi connectivity index (χ0n) is 14.2. The van der Waals surface area contributed by atoms with Crippen molar-refractivity contribution in [1.82, 2.24) is 16.0 Å². The van der Waals surface area contributed by atoms with Gasteiger partial charge in [-0.15, -0.1) is 11.3 Å². The van der Waals surface area contributed by atoms with Crippen LogP contribution in [-0.4, -0.2) is 38.5 Å². The number of carbonyl (C=O) groups excluding carboxylic acids is 1. The number of nitrogens with one attached hydrogen (secondary N) is 3. The molecule has 0 saturated heterocycles. The van der Waals surface area contributed by atoms with Gasteiger partial charge < -0.3 is 16.0 Å². The number of amides is 1. The van der Waals surface area contributed by atoms with E-state index >= 15 is 0 Å². The first-order chi connectivity index (χ1) is 12.2. The van der Waals surface area contributed by atoms with E-state index < -0.39 is 0 Å². The molecular formula is C18H23FN4OS. The van der Waals surface area contributed by atoms with Gasteiger partial charge in [0.15, 0.2) is 5.96 Å². The summed E-state index contributed by atoms with van der Waals surface area (Å²) in [5.74, 6) is 0.462. The van der Waals surface area contributed by atoms with Crippen molar-refractivity contribution >= 4 is 23.2 Å². The van der Waals surface area contributed by atoms with Gasteiger partial charge in [0.2, 0.25) is 0 Å². The molecule has 2 aromatic rings. The number of guanidine groups is 1. The fraction of sp³-hybridized carbons (Fsp3) is 0.333. The number of hydrogen-bond acceptors (Lipinski definition) is 3. The zero-order valence-corrected chi connectivity index (χ0v) is 15.0. The van der Waals surface area contributed by atoms with Crippen LogP contribution in [-0.2, 0) is 6.42 Å². The first-order valence-electron chi connectivity index (χ1n) is 8.19. The van der Waals surface area contributed by atoms with E-state index in [1.54, 1.807) is 19.2 Å². The summed E-state index contributed by atoms with van der Waals surface area (Å²) >= 11 is 1.43. The van der Waals surface area contributed by atoms with E-state index in [9.17, 15) is 9.18 Å². The van der Waals surface area contributed by atoms with Gasteiger partial charge in [-0.05, 0) is 42.0 Å². The fourth-order valence-electron chi connectivity index (χ4n) is 2.19. The molecule has 5 nitrogen and oxygen atoms in total. The van der Waals surface area contributed by atoms with Gasteiger partial charge in [-0.3, -0.25) is 9.79 Å². The van der Waals surface area contributed by atoms with Crippen molar-refractivity contribution < 1.29 is 9.18 Å². The van der Waals surface area contributed by atoms with Crippen LogP contribution in [0.5, 0.6) is 0 Å². The van der Waals surface area contributed by atoms with Crippen LogP contribution in [0.1, 0.15) is 21.7 Å². The van der Waals surface area contributed by atoms with Crippen molar-refractivity contribution in [2.45, 2.75) is 12.8 Å². The molecule has 134 valence electrons. The number of aliphatic imine (C=N–C) groups is 1. The molecule has 1 aromatic carbocycles. The van der Waals surface area contributed by atoms with E-state index in [-0.39, 0.29) is 11.7 Å². The SMILES string of the molecule is CN=C(NCCCNC(=O)c1cccs1)NCCc1ccc(F)cc1. The Morgan fingerprint density at radius 2 is 1.80 bits per heavy atom. The highest BCUT2D eigenvalue weighted by Crippen LogP contribution is 2.07. The monoisotopic (exact) mass is 362 g/mol. The molecule has 1 amide bonds. The third-order valence-corrected chi connectivity index (χ3v) is 4.39. The Morgan fingerprint density at radius 3 is 2.48 bits per heavy atom. The summed E-state index contributed by atoms with van der Waals surface area (Å²) < 4.78 is 12.9. The largest absolute Gasteiger partial charge is 0.356 e. The summed E-state index contributed by atoms with van der Waals surface area (Å²) in [6.45, 7) is 2.03. The highest BCUT2D eigenvalue weighted by molar-refractivity contribution is 7.12. The van der Waals surface area contributed by atoms with Crippen LogP contribution >= 0.6 is 11.3 Å². The lowest BCUT2D eigenvalue weighted by atomic mass is 10.1. The molecule has 1 heterocycles. The van der Waals surface area contributed by atoms with Crippen LogP contribution in [0.25, 0.3) is 0 Å². The van der Waals surface area contributed by atoms with Crippen LogP contribution < -0.4 is 16.0 Å². The number of hydrogen-bond donors (Lipinski definition) is 3. The molecule has 25 heavy (non-hydrogen) atoms. The molecule has 0 aliphatic rings. The molecule has 0 spiro atoms. The molecule has 3 N–H and O–H groups in total. The van der Waals surface area contributed by atoms with E-state index in [1.165, 1.54) is 23.5 Å². The summed E-state index contributed by atoms with van der Waals surface area (Å²) in [7, 11) is 1.71. The number of rotatable bonds is 8. The average molecular weight is 362 g/mol. The van der Waals surface area contributed by atoms with Crippen LogP contribution in [0.15, 0.2) is 46.8 Å². The summed E-state index contributed by atoms with van der Waals surface area (Å²) in [6, 6.07) is 10.2. The minimum absolute atomic E-state index is 0.0307. The highest BCUT2D eigenvalue weighted by atomic mass is 32.1. The van der Waals surface area contributed by atoms with E-state index in [2.05, 4.69) is 20.9 Å². The minimum Gasteiger partial charge on any atom is -0.356 e. The summed E-state index contributed by atoms with van der Waals surface area (Å²) in [4.78, 5) is 16.7. The third kappa shape index (κ3) is 6.93. The first-order valence-corrected chi connectivity index (χ1v) is 9.07. The van der Waals surface area contributed by atoms with Crippen LogP contribution in [0.3, 0.4) is 0 Å². The Hall–Kier alpha value is -2.41. The second-order valence-electron chi connectivity index (χ2n) is 5.39. The maximum atomic E-state index is 12.9. The van der Waals surface area contributed by atoms with E-state index in [0.717, 1.165) is 23.3 Å². The smallest absolute Gasteiger partial charge is 0.261 e. The first kappa shape index (κ1) is 18.9. The van der Waals surface area contributed by atoms with Gasteiger partial charge >= 0.3 is 0 Å². The quantitative estimate of drug-likeness (QED) is 0.384. The molecule has 7 heteroatoms. The lowest BCUT2D eigenvalue weighted by Gasteiger charge is -2.12. The molecule has 0 aliphatic heterocycles. The molecule has 2 rings (SSSR count). The Labute approximate surface area is 151 Å². The number of halogens is 1. The van der Waals surface area contributed by atoms with Crippen molar-refractivity contribution in [2.75, 3.05) is 26.7 Å². The molecule has 0 fully saturated rings. The van der Waals surface area contributed by atoms with Crippen molar-refractivity contribution in [2.24, 2.45) is 4.99 Å². The van der Waals surface area contributed by atoms with Crippen LogP contribution in [0.4, 0.5) is 4.39 Å².